The molecule has 1 heterocycles. The average Bonchev–Trinajstić information content (AvgIpc) is 2.84. The average molecular weight is 241 g/mol. The molecule has 0 bridgehead atoms. The van der Waals surface area contributed by atoms with Crippen LogP contribution in [0.25, 0.3) is 0 Å². The zero-order chi connectivity index (χ0) is 12.6. The van der Waals surface area contributed by atoms with Crippen LogP contribution in [0.4, 0.5) is 0 Å². The van der Waals surface area contributed by atoms with E-state index in [9.17, 15) is 0 Å². The fourth-order valence-electron chi connectivity index (χ4n) is 1.57. The van der Waals surface area contributed by atoms with Gasteiger partial charge in [0.2, 0.25) is 5.89 Å². The van der Waals surface area contributed by atoms with Crippen LogP contribution in [0, 0.1) is 12.3 Å². The van der Waals surface area contributed by atoms with Gasteiger partial charge in [0.25, 0.3) is 0 Å². The summed E-state index contributed by atoms with van der Waals surface area (Å²) in [4.78, 5) is 4.31. The van der Waals surface area contributed by atoms with Crippen LogP contribution in [0.15, 0.2) is 34.9 Å². The Morgan fingerprint density at radius 3 is 2.89 bits per heavy atom. The third-order valence-corrected chi connectivity index (χ3v) is 2.44. The minimum Gasteiger partial charge on any atom is -0.338 e. The zero-order valence-electron chi connectivity index (χ0n) is 10.1. The summed E-state index contributed by atoms with van der Waals surface area (Å²) in [7, 11) is 0. The molecule has 0 atom stereocenters. The summed E-state index contributed by atoms with van der Waals surface area (Å²) in [5.74, 6) is 3.86. The molecule has 0 amide bonds. The van der Waals surface area contributed by atoms with E-state index in [2.05, 4.69) is 21.4 Å². The van der Waals surface area contributed by atoms with E-state index in [0.29, 0.717) is 31.1 Å². The highest BCUT2D eigenvalue weighted by molar-refractivity contribution is 5.18. The molecule has 18 heavy (non-hydrogen) atoms. The predicted molar refractivity (Wildman–Crippen MR) is 68.7 cm³/mol. The Bertz CT molecular complexity index is 513. The van der Waals surface area contributed by atoms with Gasteiger partial charge >= 0.3 is 0 Å². The monoisotopic (exact) mass is 241 g/mol. The van der Waals surface area contributed by atoms with Gasteiger partial charge in [-0.3, -0.25) is 0 Å². The molecule has 0 radical (unpaired) electrons. The van der Waals surface area contributed by atoms with Gasteiger partial charge in [0.15, 0.2) is 5.82 Å². The lowest BCUT2D eigenvalue weighted by Crippen LogP contribution is -2.14. The molecule has 2 rings (SSSR count). The summed E-state index contributed by atoms with van der Waals surface area (Å²) >= 11 is 0. The first-order valence-electron chi connectivity index (χ1n) is 5.88. The van der Waals surface area contributed by atoms with Gasteiger partial charge in [0.1, 0.15) is 0 Å². The number of aromatic nitrogens is 2. The summed E-state index contributed by atoms with van der Waals surface area (Å²) in [5, 5.41) is 7.08. The molecule has 2 aromatic rings. The lowest BCUT2D eigenvalue weighted by molar-refractivity contribution is 0.364. The highest BCUT2D eigenvalue weighted by Crippen LogP contribution is 2.06. The van der Waals surface area contributed by atoms with Crippen LogP contribution >= 0.6 is 0 Å². The van der Waals surface area contributed by atoms with Crippen molar-refractivity contribution < 1.29 is 4.52 Å². The molecule has 0 unspecified atom stereocenters. The van der Waals surface area contributed by atoms with E-state index in [1.54, 1.807) is 0 Å². The van der Waals surface area contributed by atoms with Gasteiger partial charge in [-0.15, -0.1) is 12.3 Å². The van der Waals surface area contributed by atoms with E-state index >= 15 is 0 Å². The molecular formula is C14H15N3O. The maximum atomic E-state index is 5.16. The van der Waals surface area contributed by atoms with Gasteiger partial charge in [-0.2, -0.15) is 4.98 Å². The van der Waals surface area contributed by atoms with Crippen molar-refractivity contribution in [2.24, 2.45) is 0 Å². The normalized spacial score (nSPS) is 10.2. The highest BCUT2D eigenvalue weighted by Gasteiger charge is 2.06. The second-order valence-electron chi connectivity index (χ2n) is 3.90. The quantitative estimate of drug-likeness (QED) is 0.618. The molecule has 1 aromatic heterocycles. The Labute approximate surface area is 106 Å². The first kappa shape index (κ1) is 12.3. The van der Waals surface area contributed by atoms with E-state index in [0.717, 1.165) is 6.54 Å². The number of nitrogens with zero attached hydrogens (tertiary/aromatic N) is 2. The first-order valence-corrected chi connectivity index (χ1v) is 5.88. The summed E-state index contributed by atoms with van der Waals surface area (Å²) in [5.41, 5.74) is 1.17. The Morgan fingerprint density at radius 2 is 2.11 bits per heavy atom. The molecule has 0 spiro atoms. The SMILES string of the molecule is C#CCCNCc1nc(Cc2ccccc2)no1. The standard InChI is InChI=1S/C14H15N3O/c1-2-3-9-15-11-14-16-13(17-18-14)10-12-7-5-4-6-8-12/h1,4-8,15H,3,9-11H2. The van der Waals surface area contributed by atoms with Crippen molar-refractivity contribution in [1.29, 1.82) is 0 Å². The van der Waals surface area contributed by atoms with Crippen molar-refractivity contribution in [2.75, 3.05) is 6.54 Å². The highest BCUT2D eigenvalue weighted by atomic mass is 16.5. The predicted octanol–water partition coefficient (Wildman–Crippen LogP) is 1.77. The maximum Gasteiger partial charge on any atom is 0.240 e. The van der Waals surface area contributed by atoms with E-state index in [1.165, 1.54) is 5.56 Å². The van der Waals surface area contributed by atoms with Gasteiger partial charge in [-0.05, 0) is 5.56 Å². The molecule has 0 aliphatic heterocycles. The van der Waals surface area contributed by atoms with Crippen molar-refractivity contribution in [3.8, 4) is 12.3 Å². The molecule has 0 aliphatic carbocycles. The smallest absolute Gasteiger partial charge is 0.240 e. The zero-order valence-corrected chi connectivity index (χ0v) is 10.1. The van der Waals surface area contributed by atoms with Crippen molar-refractivity contribution >= 4 is 0 Å². The second kappa shape index (κ2) is 6.58. The third-order valence-electron chi connectivity index (χ3n) is 2.44. The molecule has 92 valence electrons. The minimum absolute atomic E-state index is 0.559. The maximum absolute atomic E-state index is 5.16. The molecule has 1 aromatic carbocycles. The molecule has 0 saturated heterocycles. The van der Waals surface area contributed by atoms with Gasteiger partial charge in [0, 0.05) is 19.4 Å². The number of rotatable bonds is 6. The fourth-order valence-corrected chi connectivity index (χ4v) is 1.57. The molecule has 0 aliphatic rings. The molecular weight excluding hydrogens is 226 g/mol. The summed E-state index contributed by atoms with van der Waals surface area (Å²) in [6.45, 7) is 1.32. The van der Waals surface area contributed by atoms with Crippen LogP contribution in [-0.4, -0.2) is 16.7 Å². The summed E-state index contributed by atoms with van der Waals surface area (Å²) < 4.78 is 5.14. The van der Waals surface area contributed by atoms with Crippen LogP contribution in [0.5, 0.6) is 0 Å². The van der Waals surface area contributed by atoms with Crippen LogP contribution in [0.1, 0.15) is 23.7 Å². The van der Waals surface area contributed by atoms with Gasteiger partial charge in [-0.25, -0.2) is 0 Å². The van der Waals surface area contributed by atoms with E-state index < -0.39 is 0 Å². The number of nitrogens with one attached hydrogen (secondary N) is 1. The summed E-state index contributed by atoms with van der Waals surface area (Å²) in [6.07, 6.45) is 6.55. The lowest BCUT2D eigenvalue weighted by Gasteiger charge is -1.96. The third kappa shape index (κ3) is 3.72. The van der Waals surface area contributed by atoms with Crippen molar-refractivity contribution in [2.45, 2.75) is 19.4 Å². The fraction of sp³-hybridized carbons (Fsp3) is 0.286. The number of hydrogen-bond acceptors (Lipinski definition) is 4. The van der Waals surface area contributed by atoms with Crippen LogP contribution in [0.2, 0.25) is 0 Å². The number of terminal acetylenes is 1. The number of benzene rings is 1. The van der Waals surface area contributed by atoms with Gasteiger partial charge in [0.05, 0.1) is 6.54 Å². The first-order chi connectivity index (χ1) is 8.88. The number of hydrogen-bond donors (Lipinski definition) is 1. The Morgan fingerprint density at radius 1 is 1.28 bits per heavy atom. The minimum atomic E-state index is 0.559. The molecule has 0 fully saturated rings. The van der Waals surface area contributed by atoms with E-state index in [1.807, 2.05) is 30.3 Å². The Hall–Kier alpha value is -2.12. The van der Waals surface area contributed by atoms with Crippen molar-refractivity contribution in [3.05, 3.63) is 47.6 Å². The molecule has 4 heteroatoms. The van der Waals surface area contributed by atoms with Crippen molar-refractivity contribution in [1.82, 2.24) is 15.5 Å². The van der Waals surface area contributed by atoms with Crippen LogP contribution in [0.3, 0.4) is 0 Å². The molecule has 4 nitrogen and oxygen atoms in total. The summed E-state index contributed by atoms with van der Waals surface area (Å²) in [6, 6.07) is 10.1. The van der Waals surface area contributed by atoms with E-state index in [-0.39, 0.29) is 0 Å². The second-order valence-corrected chi connectivity index (χ2v) is 3.90. The lowest BCUT2D eigenvalue weighted by atomic mass is 10.1. The van der Waals surface area contributed by atoms with Gasteiger partial charge in [-0.1, -0.05) is 35.5 Å². The topological polar surface area (TPSA) is 51.0 Å². The Balaban J connectivity index is 1.85. The Kier molecular flexibility index (Phi) is 4.51. The largest absolute Gasteiger partial charge is 0.338 e. The van der Waals surface area contributed by atoms with Crippen molar-refractivity contribution in [3.63, 3.8) is 0 Å². The van der Waals surface area contributed by atoms with Crippen LogP contribution < -0.4 is 5.32 Å². The molecule has 0 saturated carbocycles. The van der Waals surface area contributed by atoms with E-state index in [4.69, 9.17) is 10.9 Å². The van der Waals surface area contributed by atoms with Gasteiger partial charge < -0.3 is 9.84 Å². The van der Waals surface area contributed by atoms with Crippen LogP contribution in [-0.2, 0) is 13.0 Å². The molecule has 1 N–H and O–H groups in total.